The summed E-state index contributed by atoms with van der Waals surface area (Å²) in [5.41, 5.74) is 1.23. The van der Waals surface area contributed by atoms with Crippen molar-refractivity contribution in [1.29, 1.82) is 0 Å². The Labute approximate surface area is 91.0 Å². The van der Waals surface area contributed by atoms with Gasteiger partial charge in [0.15, 0.2) is 0 Å². The van der Waals surface area contributed by atoms with Crippen molar-refractivity contribution in [2.24, 2.45) is 0 Å². The van der Waals surface area contributed by atoms with Crippen LogP contribution in [0.1, 0.15) is 10.6 Å². The molecule has 0 fully saturated rings. The van der Waals surface area contributed by atoms with Crippen molar-refractivity contribution < 1.29 is 15.0 Å². The fraction of sp³-hybridized carbons (Fsp3) is 0. The van der Waals surface area contributed by atoms with Gasteiger partial charge in [0.2, 0.25) is 5.82 Å². The lowest BCUT2D eigenvalue weighted by Crippen LogP contribution is -2.03. The summed E-state index contributed by atoms with van der Waals surface area (Å²) in [6, 6.07) is 7.95. The van der Waals surface area contributed by atoms with Crippen LogP contribution < -0.4 is 0 Å². The Hall–Kier alpha value is -2.43. The molecule has 1 heterocycles. The first-order valence-electron chi connectivity index (χ1n) is 4.52. The van der Waals surface area contributed by atoms with Crippen LogP contribution in [0.4, 0.5) is 0 Å². The number of nitrogens with zero attached hydrogens (tertiary/aromatic N) is 2. The number of carboxylic acids is 1. The summed E-state index contributed by atoms with van der Waals surface area (Å²) in [5.74, 6) is -1.26. The van der Waals surface area contributed by atoms with E-state index in [4.69, 9.17) is 10.2 Å². The lowest BCUT2D eigenvalue weighted by molar-refractivity contribution is 0.0683. The predicted molar refractivity (Wildman–Crippen MR) is 56.1 cm³/mol. The Bertz CT molecular complexity index is 523. The van der Waals surface area contributed by atoms with E-state index >= 15 is 0 Å². The minimum Gasteiger partial charge on any atom is -0.508 e. The molecule has 0 aliphatic carbocycles. The van der Waals surface area contributed by atoms with Gasteiger partial charge in [-0.3, -0.25) is 0 Å². The Morgan fingerprint density at radius 3 is 2.44 bits per heavy atom. The van der Waals surface area contributed by atoms with Gasteiger partial charge in [0, 0.05) is 11.8 Å². The van der Waals surface area contributed by atoms with Crippen LogP contribution in [-0.2, 0) is 0 Å². The second-order valence-corrected chi connectivity index (χ2v) is 3.12. The number of aromatic hydroxyl groups is 1. The zero-order valence-electron chi connectivity index (χ0n) is 8.16. The number of hydrogen-bond acceptors (Lipinski definition) is 4. The van der Waals surface area contributed by atoms with Crippen LogP contribution in [0.3, 0.4) is 0 Å². The molecule has 1 aromatic carbocycles. The molecule has 0 bridgehead atoms. The van der Waals surface area contributed by atoms with Gasteiger partial charge in [0.05, 0.1) is 5.69 Å². The fourth-order valence-electron chi connectivity index (χ4n) is 1.25. The summed E-state index contributed by atoms with van der Waals surface area (Å²) in [6.07, 6.45) is 1.39. The molecule has 5 heteroatoms. The standard InChI is InChI=1S/C11H8N2O3/c14-8-3-1-7(2-4-8)9-5-6-12-10(13-9)11(15)16/h1-6,14H,(H,15,16). The SMILES string of the molecule is O=C(O)c1nccc(-c2ccc(O)cc2)n1. The van der Waals surface area contributed by atoms with Gasteiger partial charge in [-0.25, -0.2) is 14.8 Å². The Balaban J connectivity index is 2.44. The monoisotopic (exact) mass is 216 g/mol. The van der Waals surface area contributed by atoms with E-state index < -0.39 is 5.97 Å². The molecule has 0 aliphatic heterocycles. The molecule has 0 spiro atoms. The average Bonchev–Trinajstić information content (AvgIpc) is 2.30. The zero-order chi connectivity index (χ0) is 11.5. The van der Waals surface area contributed by atoms with Crippen molar-refractivity contribution in [2.75, 3.05) is 0 Å². The highest BCUT2D eigenvalue weighted by Gasteiger charge is 2.07. The maximum atomic E-state index is 10.7. The zero-order valence-corrected chi connectivity index (χ0v) is 8.16. The Morgan fingerprint density at radius 1 is 1.12 bits per heavy atom. The number of aromatic nitrogens is 2. The van der Waals surface area contributed by atoms with Crippen molar-refractivity contribution in [3.05, 3.63) is 42.4 Å². The van der Waals surface area contributed by atoms with E-state index in [0.29, 0.717) is 5.69 Å². The van der Waals surface area contributed by atoms with Gasteiger partial charge in [-0.05, 0) is 30.3 Å². The molecule has 80 valence electrons. The first-order valence-corrected chi connectivity index (χ1v) is 4.52. The number of benzene rings is 1. The van der Waals surface area contributed by atoms with Gasteiger partial charge in [-0.1, -0.05) is 0 Å². The van der Waals surface area contributed by atoms with Crippen LogP contribution in [0.25, 0.3) is 11.3 Å². The molecule has 0 atom stereocenters. The number of aromatic carboxylic acids is 1. The summed E-state index contributed by atoms with van der Waals surface area (Å²) in [6.45, 7) is 0. The van der Waals surface area contributed by atoms with E-state index in [1.807, 2.05) is 0 Å². The van der Waals surface area contributed by atoms with E-state index in [-0.39, 0.29) is 11.6 Å². The smallest absolute Gasteiger partial charge is 0.373 e. The van der Waals surface area contributed by atoms with Crippen molar-refractivity contribution in [1.82, 2.24) is 9.97 Å². The molecule has 16 heavy (non-hydrogen) atoms. The van der Waals surface area contributed by atoms with E-state index in [0.717, 1.165) is 5.56 Å². The molecule has 0 aliphatic rings. The van der Waals surface area contributed by atoms with Gasteiger partial charge in [-0.15, -0.1) is 0 Å². The Kier molecular flexibility index (Phi) is 2.51. The molecular formula is C11H8N2O3. The fourth-order valence-corrected chi connectivity index (χ4v) is 1.25. The van der Waals surface area contributed by atoms with Gasteiger partial charge in [0.25, 0.3) is 0 Å². The normalized spacial score (nSPS) is 10.0. The largest absolute Gasteiger partial charge is 0.508 e. The molecular weight excluding hydrogens is 208 g/mol. The van der Waals surface area contributed by atoms with Crippen LogP contribution in [0, 0.1) is 0 Å². The second-order valence-electron chi connectivity index (χ2n) is 3.12. The summed E-state index contributed by atoms with van der Waals surface area (Å²) in [5, 5.41) is 17.9. The van der Waals surface area contributed by atoms with Crippen LogP contribution >= 0.6 is 0 Å². The number of phenolic OH excluding ortho intramolecular Hbond substituents is 1. The molecule has 2 N–H and O–H groups in total. The van der Waals surface area contributed by atoms with Crippen LogP contribution in [0.5, 0.6) is 5.75 Å². The van der Waals surface area contributed by atoms with Gasteiger partial charge in [-0.2, -0.15) is 0 Å². The number of rotatable bonds is 2. The molecule has 0 radical (unpaired) electrons. The summed E-state index contributed by atoms with van der Waals surface area (Å²) < 4.78 is 0. The van der Waals surface area contributed by atoms with E-state index in [1.165, 1.54) is 18.3 Å². The molecule has 0 saturated carbocycles. The van der Waals surface area contributed by atoms with Crippen LogP contribution in [-0.4, -0.2) is 26.2 Å². The van der Waals surface area contributed by atoms with Crippen LogP contribution in [0.2, 0.25) is 0 Å². The maximum Gasteiger partial charge on any atom is 0.373 e. The second kappa shape index (κ2) is 3.98. The van der Waals surface area contributed by atoms with Crippen molar-refractivity contribution in [3.8, 4) is 17.0 Å². The van der Waals surface area contributed by atoms with E-state index in [2.05, 4.69) is 9.97 Å². The molecule has 0 unspecified atom stereocenters. The molecule has 0 amide bonds. The lowest BCUT2D eigenvalue weighted by Gasteiger charge is -2.01. The topological polar surface area (TPSA) is 83.3 Å². The minimum absolute atomic E-state index is 0.149. The maximum absolute atomic E-state index is 10.7. The number of hydrogen-bond donors (Lipinski definition) is 2. The number of carboxylic acid groups (broad SMARTS) is 1. The predicted octanol–water partition coefficient (Wildman–Crippen LogP) is 1.55. The van der Waals surface area contributed by atoms with E-state index in [1.54, 1.807) is 18.2 Å². The van der Waals surface area contributed by atoms with Gasteiger partial charge < -0.3 is 10.2 Å². The first-order chi connectivity index (χ1) is 7.66. The van der Waals surface area contributed by atoms with Gasteiger partial charge in [0.1, 0.15) is 5.75 Å². The number of carbonyl (C=O) groups is 1. The molecule has 1 aromatic heterocycles. The summed E-state index contributed by atoms with van der Waals surface area (Å²) in [7, 11) is 0. The van der Waals surface area contributed by atoms with Crippen molar-refractivity contribution in [2.45, 2.75) is 0 Å². The lowest BCUT2D eigenvalue weighted by atomic mass is 10.1. The van der Waals surface area contributed by atoms with E-state index in [9.17, 15) is 4.79 Å². The third kappa shape index (κ3) is 1.98. The van der Waals surface area contributed by atoms with Crippen molar-refractivity contribution >= 4 is 5.97 Å². The van der Waals surface area contributed by atoms with Gasteiger partial charge >= 0.3 is 5.97 Å². The van der Waals surface area contributed by atoms with Crippen LogP contribution in [0.15, 0.2) is 36.5 Å². The summed E-state index contributed by atoms with van der Waals surface area (Å²) in [4.78, 5) is 18.2. The number of phenols is 1. The summed E-state index contributed by atoms with van der Waals surface area (Å²) >= 11 is 0. The highest BCUT2D eigenvalue weighted by Crippen LogP contribution is 2.19. The minimum atomic E-state index is -1.17. The molecule has 2 rings (SSSR count). The molecule has 2 aromatic rings. The third-order valence-corrected chi connectivity index (χ3v) is 2.01. The first kappa shape index (κ1) is 10.1. The Morgan fingerprint density at radius 2 is 1.81 bits per heavy atom. The third-order valence-electron chi connectivity index (χ3n) is 2.01. The quantitative estimate of drug-likeness (QED) is 0.795. The highest BCUT2D eigenvalue weighted by atomic mass is 16.4. The average molecular weight is 216 g/mol. The molecule has 0 saturated heterocycles. The molecule has 5 nitrogen and oxygen atoms in total. The highest BCUT2D eigenvalue weighted by molar-refractivity contribution is 5.83. The van der Waals surface area contributed by atoms with Crippen molar-refractivity contribution in [3.63, 3.8) is 0 Å².